The van der Waals surface area contributed by atoms with Crippen LogP contribution in [-0.4, -0.2) is 36.4 Å². The van der Waals surface area contributed by atoms with E-state index >= 15 is 0 Å². The van der Waals surface area contributed by atoms with Crippen LogP contribution in [0, 0.1) is 0 Å². The molecule has 0 N–H and O–H groups in total. The Balaban J connectivity index is 2.24. The molecule has 1 heterocycles. The predicted octanol–water partition coefficient (Wildman–Crippen LogP) is 4.08. The van der Waals surface area contributed by atoms with Gasteiger partial charge in [0.15, 0.2) is 0 Å². The number of ether oxygens (including phenoxy) is 1. The topological polar surface area (TPSA) is 29.5 Å². The monoisotopic (exact) mass is 359 g/mol. The SMILES string of the molecule is COc1ccc(Br)c(C(=O)N2CCCCC2CCCl)c1. The van der Waals surface area contributed by atoms with Crippen molar-refractivity contribution < 1.29 is 9.53 Å². The molecule has 1 unspecified atom stereocenters. The molecule has 2 rings (SSSR count). The van der Waals surface area contributed by atoms with Crippen LogP contribution in [0.5, 0.6) is 5.75 Å². The zero-order valence-electron chi connectivity index (χ0n) is 11.6. The summed E-state index contributed by atoms with van der Waals surface area (Å²) in [5.74, 6) is 1.35. The first-order chi connectivity index (χ1) is 9.67. The number of rotatable bonds is 4. The van der Waals surface area contributed by atoms with Crippen LogP contribution in [0.2, 0.25) is 0 Å². The van der Waals surface area contributed by atoms with Gasteiger partial charge in [0.2, 0.25) is 0 Å². The van der Waals surface area contributed by atoms with E-state index in [2.05, 4.69) is 15.9 Å². The van der Waals surface area contributed by atoms with Gasteiger partial charge in [0, 0.05) is 22.9 Å². The quantitative estimate of drug-likeness (QED) is 0.757. The third kappa shape index (κ3) is 3.47. The molecule has 1 aliphatic rings. The minimum absolute atomic E-state index is 0.0607. The molecule has 0 aliphatic carbocycles. The summed E-state index contributed by atoms with van der Waals surface area (Å²) >= 11 is 9.32. The highest BCUT2D eigenvalue weighted by Gasteiger charge is 2.28. The summed E-state index contributed by atoms with van der Waals surface area (Å²) in [5.41, 5.74) is 0.658. The fourth-order valence-corrected chi connectivity index (χ4v) is 3.31. The molecule has 5 heteroatoms. The molecule has 20 heavy (non-hydrogen) atoms. The van der Waals surface area contributed by atoms with E-state index in [1.807, 2.05) is 17.0 Å². The molecule has 1 aliphatic heterocycles. The Morgan fingerprint density at radius 2 is 2.30 bits per heavy atom. The predicted molar refractivity (Wildman–Crippen MR) is 84.7 cm³/mol. The molecule has 0 saturated carbocycles. The number of nitrogens with zero attached hydrogens (tertiary/aromatic N) is 1. The molecule has 0 spiro atoms. The average molecular weight is 361 g/mol. The molecule has 0 aromatic heterocycles. The second-order valence-electron chi connectivity index (χ2n) is 4.97. The molecule has 1 amide bonds. The van der Waals surface area contributed by atoms with Crippen LogP contribution in [0.3, 0.4) is 0 Å². The lowest BCUT2D eigenvalue weighted by atomic mass is 9.99. The summed E-state index contributed by atoms with van der Waals surface area (Å²) in [5, 5.41) is 0. The Labute approximate surface area is 133 Å². The van der Waals surface area contributed by atoms with Crippen molar-refractivity contribution >= 4 is 33.4 Å². The van der Waals surface area contributed by atoms with Gasteiger partial charge >= 0.3 is 0 Å². The summed E-state index contributed by atoms with van der Waals surface area (Å²) < 4.78 is 6.01. The van der Waals surface area contributed by atoms with Crippen molar-refractivity contribution in [3.63, 3.8) is 0 Å². The molecule has 1 aromatic carbocycles. The summed E-state index contributed by atoms with van der Waals surface area (Å²) in [6.07, 6.45) is 4.13. The number of halogens is 2. The number of hydrogen-bond acceptors (Lipinski definition) is 2. The number of amides is 1. The van der Waals surface area contributed by atoms with E-state index in [-0.39, 0.29) is 11.9 Å². The van der Waals surface area contributed by atoms with Gasteiger partial charge in [-0.15, -0.1) is 11.6 Å². The molecule has 3 nitrogen and oxygen atoms in total. The van der Waals surface area contributed by atoms with Crippen molar-refractivity contribution in [2.45, 2.75) is 31.7 Å². The van der Waals surface area contributed by atoms with Gasteiger partial charge in [-0.3, -0.25) is 4.79 Å². The van der Waals surface area contributed by atoms with Gasteiger partial charge in [-0.1, -0.05) is 0 Å². The fraction of sp³-hybridized carbons (Fsp3) is 0.533. The molecule has 0 radical (unpaired) electrons. The number of carbonyl (C=O) groups excluding carboxylic acids is 1. The van der Waals surface area contributed by atoms with E-state index < -0.39 is 0 Å². The standard InChI is InChI=1S/C15H19BrClNO2/c1-20-12-5-6-14(16)13(10-12)15(19)18-9-3-2-4-11(18)7-8-17/h5-6,10-11H,2-4,7-9H2,1H3. The zero-order chi connectivity index (χ0) is 14.5. The van der Waals surface area contributed by atoms with Crippen LogP contribution in [0.15, 0.2) is 22.7 Å². The van der Waals surface area contributed by atoms with Crippen LogP contribution in [-0.2, 0) is 0 Å². The largest absolute Gasteiger partial charge is 0.497 e. The van der Waals surface area contributed by atoms with Gasteiger partial charge in [-0.2, -0.15) is 0 Å². The fourth-order valence-electron chi connectivity index (χ4n) is 2.64. The second kappa shape index (κ2) is 7.32. The molecule has 1 atom stereocenters. The highest BCUT2D eigenvalue weighted by molar-refractivity contribution is 9.10. The lowest BCUT2D eigenvalue weighted by molar-refractivity contribution is 0.0608. The van der Waals surface area contributed by atoms with Crippen molar-refractivity contribution in [3.8, 4) is 5.75 Å². The molecular weight excluding hydrogens is 342 g/mol. The third-order valence-corrected chi connectivity index (χ3v) is 4.64. The van der Waals surface area contributed by atoms with E-state index in [9.17, 15) is 4.79 Å². The zero-order valence-corrected chi connectivity index (χ0v) is 13.9. The lowest BCUT2D eigenvalue weighted by Gasteiger charge is -2.35. The molecule has 0 bridgehead atoms. The van der Waals surface area contributed by atoms with Crippen molar-refractivity contribution in [1.29, 1.82) is 0 Å². The van der Waals surface area contributed by atoms with Crippen LogP contribution >= 0.6 is 27.5 Å². The minimum atomic E-state index is 0.0607. The van der Waals surface area contributed by atoms with Crippen molar-refractivity contribution in [2.24, 2.45) is 0 Å². The second-order valence-corrected chi connectivity index (χ2v) is 6.20. The molecule has 1 fully saturated rings. The van der Waals surface area contributed by atoms with Crippen molar-refractivity contribution in [2.75, 3.05) is 19.5 Å². The number of hydrogen-bond donors (Lipinski definition) is 0. The van der Waals surface area contributed by atoms with Crippen LogP contribution < -0.4 is 4.74 Å². The van der Waals surface area contributed by atoms with Gasteiger partial charge in [0.1, 0.15) is 5.75 Å². The molecule has 110 valence electrons. The Morgan fingerprint density at radius 3 is 3.00 bits per heavy atom. The number of piperidine rings is 1. The first-order valence-electron chi connectivity index (χ1n) is 6.88. The third-order valence-electron chi connectivity index (χ3n) is 3.73. The Morgan fingerprint density at radius 1 is 1.50 bits per heavy atom. The van der Waals surface area contributed by atoms with Gasteiger partial charge in [-0.25, -0.2) is 0 Å². The van der Waals surface area contributed by atoms with Gasteiger partial charge in [-0.05, 0) is 59.8 Å². The van der Waals surface area contributed by atoms with E-state index in [1.165, 1.54) is 6.42 Å². The van der Waals surface area contributed by atoms with Crippen molar-refractivity contribution in [3.05, 3.63) is 28.2 Å². The number of likely N-dealkylation sites (tertiary alicyclic amines) is 1. The Kier molecular flexibility index (Phi) is 5.73. The maximum atomic E-state index is 12.8. The Bertz CT molecular complexity index is 479. The molecule has 1 saturated heterocycles. The smallest absolute Gasteiger partial charge is 0.255 e. The molecular formula is C15H19BrClNO2. The minimum Gasteiger partial charge on any atom is -0.497 e. The van der Waals surface area contributed by atoms with E-state index in [1.54, 1.807) is 13.2 Å². The van der Waals surface area contributed by atoms with Gasteiger partial charge in [0.25, 0.3) is 5.91 Å². The maximum absolute atomic E-state index is 12.8. The lowest BCUT2D eigenvalue weighted by Crippen LogP contribution is -2.44. The van der Waals surface area contributed by atoms with Crippen LogP contribution in [0.25, 0.3) is 0 Å². The summed E-state index contributed by atoms with van der Waals surface area (Å²) in [6, 6.07) is 5.74. The van der Waals surface area contributed by atoms with Crippen LogP contribution in [0.1, 0.15) is 36.0 Å². The van der Waals surface area contributed by atoms with E-state index in [0.717, 1.165) is 30.3 Å². The number of carbonyl (C=O) groups is 1. The van der Waals surface area contributed by atoms with Gasteiger partial charge < -0.3 is 9.64 Å². The number of benzene rings is 1. The first-order valence-corrected chi connectivity index (χ1v) is 8.20. The number of methoxy groups -OCH3 is 1. The number of alkyl halides is 1. The Hall–Kier alpha value is -0.740. The highest BCUT2D eigenvalue weighted by atomic mass is 79.9. The average Bonchev–Trinajstić information content (AvgIpc) is 2.48. The highest BCUT2D eigenvalue weighted by Crippen LogP contribution is 2.27. The normalized spacial score (nSPS) is 18.9. The van der Waals surface area contributed by atoms with E-state index in [0.29, 0.717) is 17.2 Å². The van der Waals surface area contributed by atoms with E-state index in [4.69, 9.17) is 16.3 Å². The van der Waals surface area contributed by atoms with Crippen LogP contribution in [0.4, 0.5) is 0 Å². The maximum Gasteiger partial charge on any atom is 0.255 e. The summed E-state index contributed by atoms with van der Waals surface area (Å²) in [7, 11) is 1.61. The first kappa shape index (κ1) is 15.6. The summed E-state index contributed by atoms with van der Waals surface area (Å²) in [6.45, 7) is 0.810. The summed E-state index contributed by atoms with van der Waals surface area (Å²) in [4.78, 5) is 14.7. The van der Waals surface area contributed by atoms with Gasteiger partial charge in [0.05, 0.1) is 12.7 Å². The molecule has 1 aromatic rings. The van der Waals surface area contributed by atoms with Crippen molar-refractivity contribution in [1.82, 2.24) is 4.90 Å².